The van der Waals surface area contributed by atoms with Crippen LogP contribution >= 0.6 is 11.6 Å². The van der Waals surface area contributed by atoms with E-state index in [1.165, 1.54) is 7.11 Å². The lowest BCUT2D eigenvalue weighted by Crippen LogP contribution is -2.47. The van der Waals surface area contributed by atoms with Crippen molar-refractivity contribution in [2.24, 2.45) is 11.7 Å². The first-order valence-corrected chi connectivity index (χ1v) is 6.79. The Balaban J connectivity index is 2.05. The lowest BCUT2D eigenvalue weighted by molar-refractivity contribution is -0.141. The third kappa shape index (κ3) is 3.85. The summed E-state index contributed by atoms with van der Waals surface area (Å²) in [6, 6.07) is 7.78. The van der Waals surface area contributed by atoms with Gasteiger partial charge in [-0.15, -0.1) is 0 Å². The number of methoxy groups -OCH3 is 1. The summed E-state index contributed by atoms with van der Waals surface area (Å²) in [5.41, 5.74) is 7.17. The van der Waals surface area contributed by atoms with Gasteiger partial charge in [0, 0.05) is 29.8 Å². The Bertz CT molecular complexity index is 436. The summed E-state index contributed by atoms with van der Waals surface area (Å²) >= 11 is 5.89. The van der Waals surface area contributed by atoms with Gasteiger partial charge in [0.2, 0.25) is 0 Å². The Hall–Kier alpha value is -1.26. The topological polar surface area (TPSA) is 55.6 Å². The molecule has 0 aromatic heterocycles. The highest BCUT2D eigenvalue weighted by Gasteiger charge is 2.27. The maximum atomic E-state index is 11.4. The minimum Gasteiger partial charge on any atom is -0.469 e. The first kappa shape index (κ1) is 14.2. The molecule has 1 aromatic rings. The smallest absolute Gasteiger partial charge is 0.305 e. The number of halogens is 1. The minimum absolute atomic E-state index is 0.0825. The summed E-state index contributed by atoms with van der Waals surface area (Å²) in [4.78, 5) is 13.6. The van der Waals surface area contributed by atoms with Crippen molar-refractivity contribution in [3.8, 4) is 0 Å². The average molecular weight is 283 g/mol. The molecule has 0 radical (unpaired) electrons. The molecule has 0 saturated carbocycles. The van der Waals surface area contributed by atoms with Gasteiger partial charge in [0.15, 0.2) is 0 Å². The summed E-state index contributed by atoms with van der Waals surface area (Å²) in [6.45, 7) is 1.63. The molecule has 2 unspecified atom stereocenters. The van der Waals surface area contributed by atoms with Crippen molar-refractivity contribution >= 4 is 23.3 Å². The molecule has 2 rings (SSSR count). The summed E-state index contributed by atoms with van der Waals surface area (Å²) in [5, 5.41) is 0.719. The first-order chi connectivity index (χ1) is 9.08. The molecule has 0 spiro atoms. The van der Waals surface area contributed by atoms with Crippen molar-refractivity contribution < 1.29 is 9.53 Å². The molecule has 5 heteroatoms. The van der Waals surface area contributed by atoms with Gasteiger partial charge < -0.3 is 15.4 Å². The van der Waals surface area contributed by atoms with E-state index in [1.54, 1.807) is 0 Å². The lowest BCUT2D eigenvalue weighted by atomic mass is 9.91. The normalized spacial score (nSPS) is 23.2. The summed E-state index contributed by atoms with van der Waals surface area (Å²) in [6.07, 6.45) is 1.29. The molecule has 1 aromatic carbocycles. The number of nitrogens with zero attached hydrogens (tertiary/aromatic N) is 1. The fraction of sp³-hybridized carbons (Fsp3) is 0.500. The molecule has 0 aliphatic carbocycles. The Kier molecular flexibility index (Phi) is 4.66. The van der Waals surface area contributed by atoms with Gasteiger partial charge in [-0.2, -0.15) is 0 Å². The van der Waals surface area contributed by atoms with Crippen LogP contribution in [0.1, 0.15) is 12.8 Å². The van der Waals surface area contributed by atoms with Crippen molar-refractivity contribution in [1.82, 2.24) is 0 Å². The van der Waals surface area contributed by atoms with Crippen LogP contribution in [0.5, 0.6) is 0 Å². The SMILES string of the molecule is COC(=O)CC1CC(N)CN(c2ccc(Cl)cc2)C1. The Morgan fingerprint density at radius 1 is 1.42 bits per heavy atom. The van der Waals surface area contributed by atoms with Crippen molar-refractivity contribution in [3.63, 3.8) is 0 Å². The molecule has 1 aliphatic heterocycles. The minimum atomic E-state index is -0.171. The van der Waals surface area contributed by atoms with Gasteiger partial charge in [0.05, 0.1) is 13.5 Å². The highest BCUT2D eigenvalue weighted by atomic mass is 35.5. The van der Waals surface area contributed by atoms with Gasteiger partial charge in [-0.25, -0.2) is 0 Å². The van der Waals surface area contributed by atoms with E-state index in [1.807, 2.05) is 24.3 Å². The maximum absolute atomic E-state index is 11.4. The lowest BCUT2D eigenvalue weighted by Gasteiger charge is -2.37. The number of nitrogens with two attached hydrogens (primary N) is 1. The number of hydrogen-bond acceptors (Lipinski definition) is 4. The second kappa shape index (κ2) is 6.26. The van der Waals surface area contributed by atoms with E-state index in [4.69, 9.17) is 22.1 Å². The van der Waals surface area contributed by atoms with E-state index < -0.39 is 0 Å². The van der Waals surface area contributed by atoms with E-state index in [0.29, 0.717) is 6.42 Å². The Labute approximate surface area is 118 Å². The maximum Gasteiger partial charge on any atom is 0.305 e. The van der Waals surface area contributed by atoms with Crippen LogP contribution in [0.25, 0.3) is 0 Å². The molecule has 2 N–H and O–H groups in total. The number of anilines is 1. The zero-order valence-corrected chi connectivity index (χ0v) is 11.8. The highest BCUT2D eigenvalue weighted by Crippen LogP contribution is 2.25. The van der Waals surface area contributed by atoms with Crippen LogP contribution in [0, 0.1) is 5.92 Å². The predicted octanol–water partition coefficient (Wildman–Crippen LogP) is 2.06. The van der Waals surface area contributed by atoms with Crippen LogP contribution in [0.4, 0.5) is 5.69 Å². The van der Waals surface area contributed by atoms with Gasteiger partial charge in [-0.3, -0.25) is 4.79 Å². The van der Waals surface area contributed by atoms with E-state index in [0.717, 1.165) is 30.2 Å². The Morgan fingerprint density at radius 3 is 2.74 bits per heavy atom. The molecule has 1 heterocycles. The second-order valence-electron chi connectivity index (χ2n) is 5.02. The van der Waals surface area contributed by atoms with Gasteiger partial charge in [0.25, 0.3) is 0 Å². The summed E-state index contributed by atoms with van der Waals surface area (Å²) in [7, 11) is 1.42. The molecule has 4 nitrogen and oxygen atoms in total. The van der Waals surface area contributed by atoms with Crippen LogP contribution in [-0.2, 0) is 9.53 Å². The van der Waals surface area contributed by atoms with Crippen molar-refractivity contribution in [2.75, 3.05) is 25.1 Å². The van der Waals surface area contributed by atoms with Crippen LogP contribution in [0.2, 0.25) is 5.02 Å². The molecular weight excluding hydrogens is 264 g/mol. The third-order valence-corrected chi connectivity index (χ3v) is 3.70. The van der Waals surface area contributed by atoms with Gasteiger partial charge >= 0.3 is 5.97 Å². The van der Waals surface area contributed by atoms with Crippen LogP contribution in [0.15, 0.2) is 24.3 Å². The van der Waals surface area contributed by atoms with Crippen LogP contribution in [-0.4, -0.2) is 32.2 Å². The number of benzene rings is 1. The number of rotatable bonds is 3. The number of piperidine rings is 1. The van der Waals surface area contributed by atoms with E-state index >= 15 is 0 Å². The first-order valence-electron chi connectivity index (χ1n) is 6.41. The number of hydrogen-bond donors (Lipinski definition) is 1. The molecule has 1 fully saturated rings. The fourth-order valence-corrected chi connectivity index (χ4v) is 2.70. The quantitative estimate of drug-likeness (QED) is 0.862. The molecule has 0 amide bonds. The average Bonchev–Trinajstić information content (AvgIpc) is 2.38. The van der Waals surface area contributed by atoms with Gasteiger partial charge in [-0.05, 0) is 36.6 Å². The highest BCUT2D eigenvalue weighted by molar-refractivity contribution is 6.30. The van der Waals surface area contributed by atoms with E-state index in [-0.39, 0.29) is 17.9 Å². The monoisotopic (exact) mass is 282 g/mol. The molecule has 0 bridgehead atoms. The van der Waals surface area contributed by atoms with Gasteiger partial charge in [0.1, 0.15) is 0 Å². The molecular formula is C14H19ClN2O2. The number of carbonyl (C=O) groups is 1. The van der Waals surface area contributed by atoms with Crippen LogP contribution in [0.3, 0.4) is 0 Å². The number of ether oxygens (including phenoxy) is 1. The number of carbonyl (C=O) groups excluding carboxylic acids is 1. The largest absolute Gasteiger partial charge is 0.469 e. The van der Waals surface area contributed by atoms with Crippen molar-refractivity contribution in [2.45, 2.75) is 18.9 Å². The molecule has 104 valence electrons. The van der Waals surface area contributed by atoms with E-state index in [2.05, 4.69) is 4.90 Å². The molecule has 1 aliphatic rings. The molecule has 19 heavy (non-hydrogen) atoms. The fourth-order valence-electron chi connectivity index (χ4n) is 2.58. The molecule has 2 atom stereocenters. The zero-order valence-electron chi connectivity index (χ0n) is 11.0. The van der Waals surface area contributed by atoms with Crippen molar-refractivity contribution in [3.05, 3.63) is 29.3 Å². The zero-order chi connectivity index (χ0) is 13.8. The van der Waals surface area contributed by atoms with E-state index in [9.17, 15) is 4.79 Å². The predicted molar refractivity (Wildman–Crippen MR) is 76.4 cm³/mol. The van der Waals surface area contributed by atoms with Crippen LogP contribution < -0.4 is 10.6 Å². The summed E-state index contributed by atoms with van der Waals surface area (Å²) < 4.78 is 4.73. The third-order valence-electron chi connectivity index (χ3n) is 3.44. The second-order valence-corrected chi connectivity index (χ2v) is 5.46. The Morgan fingerprint density at radius 2 is 2.11 bits per heavy atom. The summed E-state index contributed by atoms with van der Waals surface area (Å²) in [5.74, 6) is 0.0713. The standard InChI is InChI=1S/C14H19ClN2O2/c1-19-14(18)7-10-6-12(16)9-17(8-10)13-4-2-11(15)3-5-13/h2-5,10,12H,6-9,16H2,1H3. The number of esters is 1. The van der Waals surface area contributed by atoms with Gasteiger partial charge in [-0.1, -0.05) is 11.6 Å². The van der Waals surface area contributed by atoms with Crippen molar-refractivity contribution in [1.29, 1.82) is 0 Å². The molecule has 1 saturated heterocycles.